The zero-order valence-electron chi connectivity index (χ0n) is 18.9. The number of hydrogen-bond donors (Lipinski definition) is 0. The normalized spacial score (nSPS) is 13.1. The molecular formula is C28H31Cl2NP2. The molecule has 33 heavy (non-hydrogen) atoms. The SMILES string of the molecule is C[PH](CCC[PH](c1ccccc1)(c1ccccc1)N(Cl)Cl)(c1ccccc1)c1ccccc1. The van der Waals surface area contributed by atoms with Crippen LogP contribution in [0.3, 0.4) is 0 Å². The van der Waals surface area contributed by atoms with Gasteiger partial charge in [-0.25, -0.2) is 0 Å². The second-order valence-electron chi connectivity index (χ2n) is 8.74. The van der Waals surface area contributed by atoms with E-state index in [0.717, 1.165) is 18.7 Å². The molecule has 0 aliphatic rings. The molecule has 0 heterocycles. The zero-order chi connectivity index (χ0) is 23.2. The second kappa shape index (κ2) is 11.1. The first-order valence-electron chi connectivity index (χ1n) is 11.4. The molecular weight excluding hydrogens is 483 g/mol. The molecule has 0 fully saturated rings. The van der Waals surface area contributed by atoms with Crippen LogP contribution >= 0.6 is 38.2 Å². The molecule has 0 bridgehead atoms. The Labute approximate surface area is 209 Å². The number of hydrogen-bond acceptors (Lipinski definition) is 1. The summed E-state index contributed by atoms with van der Waals surface area (Å²) in [6.45, 7) is 2.49. The van der Waals surface area contributed by atoms with Crippen molar-refractivity contribution in [3.63, 3.8) is 0 Å². The van der Waals surface area contributed by atoms with Gasteiger partial charge in [0, 0.05) is 0 Å². The van der Waals surface area contributed by atoms with E-state index in [1.807, 2.05) is 0 Å². The summed E-state index contributed by atoms with van der Waals surface area (Å²) >= 11 is 13.5. The molecule has 172 valence electrons. The van der Waals surface area contributed by atoms with E-state index in [0.29, 0.717) is 0 Å². The standard InChI is InChI=1S/C28H31Cl2NP2/c1-32(25-15-6-2-7-16-25,26-17-8-3-9-18-26)23-14-24-33(31(29)30,27-19-10-4-11-20-27)28-21-12-5-13-22-28/h2-13,15-22,32-33H,14,23-24H2,1H3. The first kappa shape index (κ1) is 24.4. The summed E-state index contributed by atoms with van der Waals surface area (Å²) in [5, 5.41) is 5.42. The van der Waals surface area contributed by atoms with Crippen LogP contribution in [-0.2, 0) is 0 Å². The second-order valence-corrected chi connectivity index (χ2v) is 18.3. The molecule has 0 radical (unpaired) electrons. The summed E-state index contributed by atoms with van der Waals surface area (Å²) in [5.41, 5.74) is 0. The van der Waals surface area contributed by atoms with Gasteiger partial charge < -0.3 is 0 Å². The first-order valence-corrected chi connectivity index (χ1v) is 16.9. The van der Waals surface area contributed by atoms with Crippen molar-refractivity contribution in [1.82, 2.24) is 3.71 Å². The zero-order valence-corrected chi connectivity index (χ0v) is 22.4. The van der Waals surface area contributed by atoms with Gasteiger partial charge in [-0.3, -0.25) is 0 Å². The minimum atomic E-state index is -2.54. The fourth-order valence-electron chi connectivity index (χ4n) is 4.93. The summed E-state index contributed by atoms with van der Waals surface area (Å²) in [6, 6.07) is 43.2. The topological polar surface area (TPSA) is 3.24 Å². The summed E-state index contributed by atoms with van der Waals surface area (Å²) in [5.74, 6) is 0. The van der Waals surface area contributed by atoms with Crippen molar-refractivity contribution in [2.75, 3.05) is 19.0 Å². The van der Waals surface area contributed by atoms with Crippen LogP contribution in [0.4, 0.5) is 0 Å². The minimum absolute atomic E-state index is 0.955. The van der Waals surface area contributed by atoms with Crippen molar-refractivity contribution in [3.05, 3.63) is 121 Å². The van der Waals surface area contributed by atoms with Gasteiger partial charge >= 0.3 is 210 Å². The molecule has 0 unspecified atom stereocenters. The predicted octanol–water partition coefficient (Wildman–Crippen LogP) is 6.33. The van der Waals surface area contributed by atoms with Gasteiger partial charge in [0.05, 0.1) is 0 Å². The third-order valence-corrected chi connectivity index (χ3v) is 17.4. The monoisotopic (exact) mass is 513 g/mol. The molecule has 0 saturated heterocycles. The number of nitrogens with zero attached hydrogens (tertiary/aromatic N) is 1. The van der Waals surface area contributed by atoms with Crippen LogP contribution in [0.25, 0.3) is 0 Å². The van der Waals surface area contributed by atoms with E-state index in [4.69, 9.17) is 23.6 Å². The van der Waals surface area contributed by atoms with E-state index in [9.17, 15) is 0 Å². The Kier molecular flexibility index (Phi) is 8.24. The van der Waals surface area contributed by atoms with E-state index < -0.39 is 14.7 Å². The molecule has 0 aromatic heterocycles. The number of rotatable bonds is 9. The number of benzene rings is 4. The Hall–Kier alpha value is -1.72. The van der Waals surface area contributed by atoms with Crippen molar-refractivity contribution in [1.29, 1.82) is 0 Å². The Morgan fingerprint density at radius 2 is 0.848 bits per heavy atom. The summed E-state index contributed by atoms with van der Waals surface area (Å²) in [4.78, 5) is 0. The summed E-state index contributed by atoms with van der Waals surface area (Å²) in [7, 11) is -4.46. The van der Waals surface area contributed by atoms with Gasteiger partial charge in [0.1, 0.15) is 0 Å². The molecule has 0 N–H and O–H groups in total. The average Bonchev–Trinajstić information content (AvgIpc) is 2.88. The fraction of sp³-hybridized carbons (Fsp3) is 0.143. The van der Waals surface area contributed by atoms with E-state index >= 15 is 0 Å². The van der Waals surface area contributed by atoms with Gasteiger partial charge in [-0.2, -0.15) is 0 Å². The molecule has 0 amide bonds. The van der Waals surface area contributed by atoms with Crippen molar-refractivity contribution in [3.8, 4) is 0 Å². The van der Waals surface area contributed by atoms with E-state index in [2.05, 4.69) is 128 Å². The van der Waals surface area contributed by atoms with Gasteiger partial charge in [0.2, 0.25) is 0 Å². The van der Waals surface area contributed by atoms with Crippen LogP contribution in [-0.4, -0.2) is 22.7 Å². The van der Waals surface area contributed by atoms with Crippen molar-refractivity contribution >= 4 is 59.4 Å². The van der Waals surface area contributed by atoms with Crippen LogP contribution in [0.2, 0.25) is 0 Å². The van der Waals surface area contributed by atoms with Gasteiger partial charge in [-0.1, -0.05) is 0 Å². The quantitative estimate of drug-likeness (QED) is 0.186. The Morgan fingerprint density at radius 3 is 1.18 bits per heavy atom. The molecule has 5 heteroatoms. The van der Waals surface area contributed by atoms with E-state index in [1.165, 1.54) is 24.9 Å². The maximum absolute atomic E-state index is 6.73. The Bertz CT molecular complexity index is 1040. The molecule has 4 rings (SSSR count). The number of halogens is 2. The van der Waals surface area contributed by atoms with E-state index in [1.54, 1.807) is 0 Å². The van der Waals surface area contributed by atoms with Crippen molar-refractivity contribution in [2.24, 2.45) is 0 Å². The molecule has 0 spiro atoms. The van der Waals surface area contributed by atoms with Gasteiger partial charge in [-0.15, -0.1) is 0 Å². The molecule has 4 aromatic carbocycles. The molecule has 0 aliphatic heterocycles. The predicted molar refractivity (Wildman–Crippen MR) is 155 cm³/mol. The van der Waals surface area contributed by atoms with Crippen LogP contribution in [0.15, 0.2) is 121 Å². The third-order valence-electron chi connectivity index (χ3n) is 6.83. The van der Waals surface area contributed by atoms with Gasteiger partial charge in [-0.05, 0) is 0 Å². The van der Waals surface area contributed by atoms with E-state index in [-0.39, 0.29) is 0 Å². The van der Waals surface area contributed by atoms with Gasteiger partial charge in [0.15, 0.2) is 0 Å². The third kappa shape index (κ3) is 5.19. The molecule has 4 aromatic rings. The Balaban J connectivity index is 1.70. The van der Waals surface area contributed by atoms with Crippen LogP contribution in [0.5, 0.6) is 0 Å². The van der Waals surface area contributed by atoms with Crippen LogP contribution in [0.1, 0.15) is 6.42 Å². The van der Waals surface area contributed by atoms with Crippen LogP contribution in [0, 0.1) is 0 Å². The first-order chi connectivity index (χ1) is 16.1. The average molecular weight is 514 g/mol. The van der Waals surface area contributed by atoms with Crippen molar-refractivity contribution in [2.45, 2.75) is 6.42 Å². The molecule has 0 aliphatic carbocycles. The maximum atomic E-state index is 6.73. The summed E-state index contributed by atoms with van der Waals surface area (Å²) in [6.07, 6.45) is 3.14. The Morgan fingerprint density at radius 1 is 0.515 bits per heavy atom. The summed E-state index contributed by atoms with van der Waals surface area (Å²) < 4.78 is 1.50. The van der Waals surface area contributed by atoms with Crippen LogP contribution < -0.4 is 21.2 Å². The fourth-order valence-corrected chi connectivity index (χ4v) is 14.3. The molecule has 0 atom stereocenters. The molecule has 1 nitrogen and oxygen atoms in total. The molecule has 0 saturated carbocycles. The van der Waals surface area contributed by atoms with Gasteiger partial charge in [0.25, 0.3) is 0 Å². The van der Waals surface area contributed by atoms with Crippen molar-refractivity contribution < 1.29 is 0 Å².